The standard InChI is InChI=1S/C29H35N3O2S/c1-16(2)32-25-12-19(5)21(13-23(25)20(6)15-29(32,7)8)14-24-26(33)30-28(35)31(27(24)34)22-10-9-17(3)18(4)11-22/h9-14,16,20H,15H2,1-8H3,(H,30,33,35)/b24-14+/t20-/m0/s1. The Morgan fingerprint density at radius 2 is 1.74 bits per heavy atom. The molecule has 2 aliphatic rings. The Labute approximate surface area is 214 Å². The number of amides is 2. The van der Waals surface area contributed by atoms with Gasteiger partial charge in [-0.05, 0) is 131 Å². The van der Waals surface area contributed by atoms with Gasteiger partial charge in [0.1, 0.15) is 5.57 Å². The average molecular weight is 490 g/mol. The number of carbonyl (C=O) groups is 2. The van der Waals surface area contributed by atoms with Gasteiger partial charge >= 0.3 is 0 Å². The van der Waals surface area contributed by atoms with Crippen molar-refractivity contribution in [2.75, 3.05) is 9.80 Å². The van der Waals surface area contributed by atoms with Crippen molar-refractivity contribution >= 4 is 46.6 Å². The van der Waals surface area contributed by atoms with Crippen LogP contribution in [0.1, 0.15) is 74.8 Å². The second-order valence-corrected chi connectivity index (χ2v) is 11.3. The summed E-state index contributed by atoms with van der Waals surface area (Å²) in [7, 11) is 0. The Hall–Kier alpha value is -2.99. The van der Waals surface area contributed by atoms with Gasteiger partial charge in [-0.15, -0.1) is 0 Å². The van der Waals surface area contributed by atoms with Crippen molar-refractivity contribution in [1.82, 2.24) is 5.32 Å². The van der Waals surface area contributed by atoms with E-state index in [9.17, 15) is 9.59 Å². The zero-order chi connectivity index (χ0) is 25.8. The summed E-state index contributed by atoms with van der Waals surface area (Å²) in [5, 5.41) is 2.81. The van der Waals surface area contributed by atoms with Crippen LogP contribution in [0.25, 0.3) is 6.08 Å². The molecule has 35 heavy (non-hydrogen) atoms. The summed E-state index contributed by atoms with van der Waals surface area (Å²) >= 11 is 5.38. The normalized spacial score (nSPS) is 21.0. The molecule has 0 spiro atoms. The van der Waals surface area contributed by atoms with Gasteiger partial charge < -0.3 is 4.90 Å². The molecule has 2 aromatic rings. The highest BCUT2D eigenvalue weighted by Gasteiger charge is 2.38. The fourth-order valence-corrected chi connectivity index (χ4v) is 5.94. The van der Waals surface area contributed by atoms with Crippen molar-refractivity contribution in [2.24, 2.45) is 0 Å². The molecule has 0 aliphatic carbocycles. The van der Waals surface area contributed by atoms with E-state index in [0.29, 0.717) is 17.6 Å². The maximum Gasteiger partial charge on any atom is 0.270 e. The van der Waals surface area contributed by atoms with Gasteiger partial charge in [0.05, 0.1) is 5.69 Å². The van der Waals surface area contributed by atoms with Crippen molar-refractivity contribution in [1.29, 1.82) is 0 Å². The predicted molar refractivity (Wildman–Crippen MR) is 148 cm³/mol. The van der Waals surface area contributed by atoms with Crippen molar-refractivity contribution in [3.8, 4) is 0 Å². The molecule has 4 rings (SSSR count). The molecular weight excluding hydrogens is 454 g/mol. The molecule has 1 atom stereocenters. The Morgan fingerprint density at radius 1 is 1.06 bits per heavy atom. The van der Waals surface area contributed by atoms with Crippen LogP contribution in [0.4, 0.5) is 11.4 Å². The van der Waals surface area contributed by atoms with Crippen LogP contribution in [0.15, 0.2) is 35.9 Å². The smallest absolute Gasteiger partial charge is 0.270 e. The SMILES string of the molecule is Cc1ccc(N2C(=O)/C(=C/c3cc4c(cc3C)N(C(C)C)C(C)(C)C[C@@H]4C)C(=O)NC2=S)cc1C. The Bertz CT molecular complexity index is 1270. The first-order valence-electron chi connectivity index (χ1n) is 12.2. The lowest BCUT2D eigenvalue weighted by atomic mass is 9.78. The maximum atomic E-state index is 13.5. The molecule has 1 saturated heterocycles. The number of benzene rings is 2. The molecular formula is C29H35N3O2S. The number of carbonyl (C=O) groups excluding carboxylic acids is 2. The average Bonchev–Trinajstić information content (AvgIpc) is 2.73. The van der Waals surface area contributed by atoms with Gasteiger partial charge in [0.25, 0.3) is 11.8 Å². The van der Waals surface area contributed by atoms with E-state index in [0.717, 1.165) is 28.7 Å². The van der Waals surface area contributed by atoms with Crippen molar-refractivity contribution in [3.05, 3.63) is 63.7 Å². The van der Waals surface area contributed by atoms with Gasteiger partial charge in [0, 0.05) is 17.3 Å². The maximum absolute atomic E-state index is 13.5. The van der Waals surface area contributed by atoms with E-state index in [2.05, 4.69) is 57.0 Å². The number of nitrogens with zero attached hydrogens (tertiary/aromatic N) is 2. The molecule has 0 unspecified atom stereocenters. The zero-order valence-corrected chi connectivity index (χ0v) is 22.8. The number of hydrogen-bond donors (Lipinski definition) is 1. The summed E-state index contributed by atoms with van der Waals surface area (Å²) in [6.45, 7) is 17.3. The van der Waals surface area contributed by atoms with E-state index >= 15 is 0 Å². The first-order valence-corrected chi connectivity index (χ1v) is 12.6. The number of thiocarbonyl (C=S) groups is 1. The molecule has 184 valence electrons. The number of nitrogens with one attached hydrogen (secondary N) is 1. The third kappa shape index (κ3) is 4.40. The van der Waals surface area contributed by atoms with Gasteiger partial charge in [0.2, 0.25) is 0 Å². The third-order valence-electron chi connectivity index (χ3n) is 7.33. The van der Waals surface area contributed by atoms with E-state index in [1.807, 2.05) is 39.0 Å². The molecule has 2 heterocycles. The van der Waals surface area contributed by atoms with Gasteiger partial charge in [-0.1, -0.05) is 13.0 Å². The van der Waals surface area contributed by atoms with E-state index in [-0.39, 0.29) is 16.2 Å². The summed E-state index contributed by atoms with van der Waals surface area (Å²) < 4.78 is 0. The van der Waals surface area contributed by atoms with Crippen LogP contribution in [0, 0.1) is 20.8 Å². The molecule has 5 nitrogen and oxygen atoms in total. The molecule has 0 bridgehead atoms. The van der Waals surface area contributed by atoms with Gasteiger partial charge in [0.15, 0.2) is 5.11 Å². The number of aryl methyl sites for hydroxylation is 3. The first kappa shape index (κ1) is 25.1. The highest BCUT2D eigenvalue weighted by atomic mass is 32.1. The molecule has 2 aliphatic heterocycles. The quantitative estimate of drug-likeness (QED) is 0.329. The topological polar surface area (TPSA) is 52.7 Å². The second-order valence-electron chi connectivity index (χ2n) is 10.9. The van der Waals surface area contributed by atoms with Crippen molar-refractivity contribution < 1.29 is 9.59 Å². The van der Waals surface area contributed by atoms with E-state index < -0.39 is 11.8 Å². The van der Waals surface area contributed by atoms with E-state index in [1.165, 1.54) is 16.2 Å². The highest BCUT2D eigenvalue weighted by molar-refractivity contribution is 7.80. The molecule has 6 heteroatoms. The Balaban J connectivity index is 1.79. The van der Waals surface area contributed by atoms with Crippen LogP contribution < -0.4 is 15.1 Å². The van der Waals surface area contributed by atoms with Crippen molar-refractivity contribution in [3.63, 3.8) is 0 Å². The zero-order valence-electron chi connectivity index (χ0n) is 21.9. The largest absolute Gasteiger partial charge is 0.364 e. The number of anilines is 2. The minimum absolute atomic E-state index is 0.0502. The monoisotopic (exact) mass is 489 g/mol. The second kappa shape index (κ2) is 8.90. The van der Waals surface area contributed by atoms with E-state index in [4.69, 9.17) is 12.2 Å². The molecule has 1 fully saturated rings. The molecule has 0 saturated carbocycles. The van der Waals surface area contributed by atoms with Gasteiger partial charge in [-0.25, -0.2) is 0 Å². The molecule has 2 aromatic carbocycles. The summed E-state index contributed by atoms with van der Waals surface area (Å²) in [4.78, 5) is 30.3. The number of fused-ring (bicyclic) bond motifs is 1. The summed E-state index contributed by atoms with van der Waals surface area (Å²) in [6, 6.07) is 10.4. The first-order chi connectivity index (χ1) is 16.3. The Kier molecular flexibility index (Phi) is 6.39. The van der Waals surface area contributed by atoms with Crippen LogP contribution in [0.5, 0.6) is 0 Å². The van der Waals surface area contributed by atoms with E-state index in [1.54, 1.807) is 6.08 Å². The van der Waals surface area contributed by atoms with Crippen molar-refractivity contribution in [2.45, 2.75) is 79.3 Å². The fourth-order valence-electron chi connectivity index (χ4n) is 5.66. The summed E-state index contributed by atoms with van der Waals surface area (Å²) in [5.41, 5.74) is 7.36. The minimum atomic E-state index is -0.463. The van der Waals surface area contributed by atoms with Crippen LogP contribution in [0.3, 0.4) is 0 Å². The number of hydrogen-bond acceptors (Lipinski definition) is 4. The lowest BCUT2D eigenvalue weighted by Crippen LogP contribution is -2.54. The molecule has 1 N–H and O–H groups in total. The minimum Gasteiger partial charge on any atom is -0.364 e. The summed E-state index contributed by atoms with van der Waals surface area (Å²) in [5.74, 6) is -0.504. The van der Waals surface area contributed by atoms with Crippen LogP contribution in [-0.4, -0.2) is 28.5 Å². The van der Waals surface area contributed by atoms with Crippen LogP contribution in [-0.2, 0) is 9.59 Å². The molecule has 2 amide bonds. The highest BCUT2D eigenvalue weighted by Crippen LogP contribution is 2.45. The lowest BCUT2D eigenvalue weighted by Gasteiger charge is -2.50. The number of rotatable bonds is 3. The van der Waals surface area contributed by atoms with Gasteiger partial charge in [-0.3, -0.25) is 19.8 Å². The van der Waals surface area contributed by atoms with Crippen LogP contribution in [0.2, 0.25) is 0 Å². The third-order valence-corrected chi connectivity index (χ3v) is 7.61. The Morgan fingerprint density at radius 3 is 2.37 bits per heavy atom. The fraction of sp³-hybridized carbons (Fsp3) is 0.414. The summed E-state index contributed by atoms with van der Waals surface area (Å²) in [6.07, 6.45) is 2.75. The lowest BCUT2D eigenvalue weighted by molar-refractivity contribution is -0.122. The molecule has 0 aromatic heterocycles. The van der Waals surface area contributed by atoms with Gasteiger partial charge in [-0.2, -0.15) is 0 Å². The van der Waals surface area contributed by atoms with Crippen LogP contribution >= 0.6 is 12.2 Å². The predicted octanol–water partition coefficient (Wildman–Crippen LogP) is 5.94. The molecule has 0 radical (unpaired) electrons.